The largest absolute Gasteiger partial charge is 0.366 e. The monoisotopic (exact) mass is 330 g/mol. The van der Waals surface area contributed by atoms with Crippen molar-refractivity contribution in [2.45, 2.75) is 59.0 Å². The van der Waals surface area contributed by atoms with Crippen molar-refractivity contribution in [1.29, 1.82) is 0 Å². The molecular formula is C17H31O4P. The lowest BCUT2D eigenvalue weighted by molar-refractivity contribution is -0.149. The molecule has 22 heavy (non-hydrogen) atoms. The number of ether oxygens (including phenoxy) is 2. The van der Waals surface area contributed by atoms with Gasteiger partial charge in [-0.3, -0.25) is 0 Å². The summed E-state index contributed by atoms with van der Waals surface area (Å²) in [6.45, 7) is 10.4. The number of carbonyl (C=O) groups excluding carboxylic acids is 1. The highest BCUT2D eigenvalue weighted by Gasteiger charge is 2.42. The average Bonchev–Trinajstić information content (AvgIpc) is 2.77. The fraction of sp³-hybridized carbons (Fsp3) is 0.824. The zero-order chi connectivity index (χ0) is 16.8. The van der Waals surface area contributed by atoms with Crippen LogP contribution in [0, 0.1) is 17.8 Å². The molecule has 4 nitrogen and oxygen atoms in total. The summed E-state index contributed by atoms with van der Waals surface area (Å²) in [7, 11) is 2.31. The molecule has 1 aliphatic rings. The molecule has 0 radical (unpaired) electrons. The molecule has 0 amide bonds. The van der Waals surface area contributed by atoms with E-state index >= 15 is 0 Å². The van der Waals surface area contributed by atoms with Crippen LogP contribution in [0.1, 0.15) is 41.0 Å². The SMILES string of the molecule is COPC[C@H](C)[C@H](C)/C=C\C(C)[C@H]1OC(C)(C)O[C@H]1CC=O. The van der Waals surface area contributed by atoms with E-state index in [0.717, 1.165) is 12.4 Å². The van der Waals surface area contributed by atoms with E-state index in [9.17, 15) is 4.79 Å². The van der Waals surface area contributed by atoms with Gasteiger partial charge >= 0.3 is 0 Å². The lowest BCUT2D eigenvalue weighted by Crippen LogP contribution is -2.29. The summed E-state index contributed by atoms with van der Waals surface area (Å²) in [4.78, 5) is 10.8. The van der Waals surface area contributed by atoms with Gasteiger partial charge in [-0.15, -0.1) is 0 Å². The van der Waals surface area contributed by atoms with Gasteiger partial charge in [0.15, 0.2) is 5.79 Å². The Labute approximate surface area is 136 Å². The van der Waals surface area contributed by atoms with Gasteiger partial charge < -0.3 is 18.8 Å². The number of hydrogen-bond acceptors (Lipinski definition) is 4. The number of aldehydes is 1. The van der Waals surface area contributed by atoms with E-state index in [1.165, 1.54) is 0 Å². The molecule has 1 fully saturated rings. The molecule has 2 unspecified atom stereocenters. The Kier molecular flexibility index (Phi) is 8.20. The second-order valence-corrected chi connectivity index (χ2v) is 7.78. The molecular weight excluding hydrogens is 299 g/mol. The quantitative estimate of drug-likeness (QED) is 0.366. The van der Waals surface area contributed by atoms with Crippen molar-refractivity contribution in [2.75, 3.05) is 13.3 Å². The Balaban J connectivity index is 2.60. The van der Waals surface area contributed by atoms with Gasteiger partial charge in [0, 0.05) is 28.3 Å². The van der Waals surface area contributed by atoms with Gasteiger partial charge in [-0.25, -0.2) is 0 Å². The summed E-state index contributed by atoms with van der Waals surface area (Å²) >= 11 is 0. The first-order valence-corrected chi connectivity index (χ1v) is 9.15. The smallest absolute Gasteiger partial charge is 0.163 e. The average molecular weight is 330 g/mol. The molecule has 1 aliphatic heterocycles. The van der Waals surface area contributed by atoms with Crippen molar-refractivity contribution >= 4 is 15.1 Å². The minimum atomic E-state index is -0.612. The predicted molar refractivity (Wildman–Crippen MR) is 91.3 cm³/mol. The Morgan fingerprint density at radius 2 is 1.91 bits per heavy atom. The van der Waals surface area contributed by atoms with Crippen LogP contribution in [0.4, 0.5) is 0 Å². The molecule has 0 aromatic rings. The molecule has 1 heterocycles. The normalized spacial score (nSPS) is 29.2. The molecule has 0 saturated carbocycles. The third-order valence-corrected chi connectivity index (χ3v) is 5.33. The fourth-order valence-electron chi connectivity index (χ4n) is 2.64. The summed E-state index contributed by atoms with van der Waals surface area (Å²) in [6, 6.07) is 0. The van der Waals surface area contributed by atoms with Crippen molar-refractivity contribution < 1.29 is 18.8 Å². The van der Waals surface area contributed by atoms with Crippen LogP contribution in [0.25, 0.3) is 0 Å². The number of hydrogen-bond donors (Lipinski definition) is 0. The van der Waals surface area contributed by atoms with E-state index in [2.05, 4.69) is 32.9 Å². The van der Waals surface area contributed by atoms with E-state index in [1.54, 1.807) is 7.11 Å². The predicted octanol–water partition coefficient (Wildman–Crippen LogP) is 3.80. The molecule has 0 spiro atoms. The van der Waals surface area contributed by atoms with Gasteiger partial charge in [-0.1, -0.05) is 32.9 Å². The molecule has 128 valence electrons. The Hall–Kier alpha value is -0.280. The highest BCUT2D eigenvalue weighted by molar-refractivity contribution is 7.32. The highest BCUT2D eigenvalue weighted by Crippen LogP contribution is 2.34. The van der Waals surface area contributed by atoms with Crippen molar-refractivity contribution in [3.8, 4) is 0 Å². The van der Waals surface area contributed by atoms with Crippen LogP contribution < -0.4 is 0 Å². The van der Waals surface area contributed by atoms with Crippen LogP contribution in [0.3, 0.4) is 0 Å². The van der Waals surface area contributed by atoms with Gasteiger partial charge in [0.2, 0.25) is 0 Å². The first kappa shape index (κ1) is 19.8. The molecule has 0 bridgehead atoms. The van der Waals surface area contributed by atoms with Crippen LogP contribution in [0.2, 0.25) is 0 Å². The Bertz CT molecular complexity index is 370. The van der Waals surface area contributed by atoms with Crippen molar-refractivity contribution in [3.05, 3.63) is 12.2 Å². The summed E-state index contributed by atoms with van der Waals surface area (Å²) < 4.78 is 17.0. The van der Waals surface area contributed by atoms with E-state index in [-0.39, 0.29) is 18.1 Å². The molecule has 0 aromatic heterocycles. The van der Waals surface area contributed by atoms with Crippen LogP contribution in [0.5, 0.6) is 0 Å². The van der Waals surface area contributed by atoms with Gasteiger partial charge in [-0.05, 0) is 31.8 Å². The Morgan fingerprint density at radius 1 is 1.23 bits per heavy atom. The maximum atomic E-state index is 10.8. The van der Waals surface area contributed by atoms with Crippen molar-refractivity contribution in [1.82, 2.24) is 0 Å². The van der Waals surface area contributed by atoms with Gasteiger partial charge in [0.1, 0.15) is 6.29 Å². The zero-order valence-corrected chi connectivity index (χ0v) is 15.7. The first-order valence-electron chi connectivity index (χ1n) is 8.04. The highest BCUT2D eigenvalue weighted by atomic mass is 31.1. The van der Waals surface area contributed by atoms with Gasteiger partial charge in [0.25, 0.3) is 0 Å². The van der Waals surface area contributed by atoms with Crippen LogP contribution >= 0.6 is 8.81 Å². The summed E-state index contributed by atoms with van der Waals surface area (Å²) in [6.07, 6.45) is 6.60. The maximum absolute atomic E-state index is 10.8. The van der Waals surface area contributed by atoms with E-state index in [1.807, 2.05) is 13.8 Å². The van der Waals surface area contributed by atoms with Gasteiger partial charge in [-0.2, -0.15) is 0 Å². The number of carbonyl (C=O) groups is 1. The number of allylic oxidation sites excluding steroid dienone is 1. The minimum absolute atomic E-state index is 0.0696. The van der Waals surface area contributed by atoms with Crippen molar-refractivity contribution in [2.24, 2.45) is 17.8 Å². The molecule has 1 rings (SSSR count). The fourth-order valence-corrected chi connectivity index (χ4v) is 3.44. The summed E-state index contributed by atoms with van der Waals surface area (Å²) in [5.41, 5.74) is 0. The lowest BCUT2D eigenvalue weighted by atomic mass is 9.92. The van der Waals surface area contributed by atoms with Crippen LogP contribution in [0.15, 0.2) is 12.2 Å². The third kappa shape index (κ3) is 6.08. The van der Waals surface area contributed by atoms with Gasteiger partial charge in [0.05, 0.1) is 12.2 Å². The van der Waals surface area contributed by atoms with Crippen molar-refractivity contribution in [3.63, 3.8) is 0 Å². The first-order chi connectivity index (χ1) is 10.3. The number of rotatable bonds is 9. The van der Waals surface area contributed by atoms with Crippen LogP contribution in [-0.2, 0) is 18.8 Å². The molecule has 0 aromatic carbocycles. The topological polar surface area (TPSA) is 44.8 Å². The molecule has 6 atom stereocenters. The molecule has 5 heteroatoms. The second-order valence-electron chi connectivity index (χ2n) is 6.67. The van der Waals surface area contributed by atoms with Crippen LogP contribution in [-0.4, -0.2) is 37.6 Å². The Morgan fingerprint density at radius 3 is 2.50 bits per heavy atom. The second kappa shape index (κ2) is 9.12. The maximum Gasteiger partial charge on any atom is 0.163 e. The minimum Gasteiger partial charge on any atom is -0.366 e. The summed E-state index contributed by atoms with van der Waals surface area (Å²) in [5.74, 6) is 0.680. The van der Waals surface area contributed by atoms with E-state index < -0.39 is 5.79 Å². The molecule has 0 aliphatic carbocycles. The summed E-state index contributed by atoms with van der Waals surface area (Å²) in [5, 5.41) is 0. The molecule has 1 saturated heterocycles. The zero-order valence-electron chi connectivity index (χ0n) is 14.7. The standard InChI is InChI=1S/C17H31O4P/c1-12(14(3)11-22-19-6)7-8-13(2)16-15(9-10-18)20-17(4,5)21-16/h7-8,10,12-16,22H,9,11H2,1-6H3/b8-7-/t12-,13?,14+,15+,16-/m1/s1. The van der Waals surface area contributed by atoms with E-state index in [4.69, 9.17) is 14.0 Å². The third-order valence-electron chi connectivity index (χ3n) is 4.23. The van der Waals surface area contributed by atoms with E-state index in [0.29, 0.717) is 27.1 Å². The molecule has 0 N–H and O–H groups in total. The lowest BCUT2D eigenvalue weighted by Gasteiger charge is -2.21.